The first kappa shape index (κ1) is 41.0. The van der Waals surface area contributed by atoms with Crippen molar-refractivity contribution in [1.29, 1.82) is 0 Å². The number of aliphatic hydroxyl groups is 1. The summed E-state index contributed by atoms with van der Waals surface area (Å²) >= 11 is 0. The molecule has 1 aliphatic heterocycles. The van der Waals surface area contributed by atoms with Crippen molar-refractivity contribution >= 4 is 40.4 Å². The van der Waals surface area contributed by atoms with E-state index < -0.39 is 59.6 Å². The van der Waals surface area contributed by atoms with Gasteiger partial charge in [-0.25, -0.2) is 9.59 Å². The van der Waals surface area contributed by atoms with Crippen LogP contribution in [-0.2, 0) is 36.7 Å². The standard InChI is InChI=1S/C44H44N2O12/c1-4-55-40(50)26-36-42(58-44(52)34-24-29-8-5-6-9-37(29)57-43(34)51)41(45-38(48)22-27-10-14-30(53-2)15-11-27)33-25-32(56-21-7-20-47)18-19-35(33)46(36)39(49)23-28-12-16-31(54-3)17-13-28/h5-6,8-19,24-25,36,41-42,47H,4,7,20-23,26H2,1-3H3,(H,45,48)/t36-,41-,42-/m0/s1. The van der Waals surface area contributed by atoms with E-state index in [1.807, 2.05) is 0 Å². The number of nitrogens with one attached hydrogen (secondary N) is 1. The predicted molar refractivity (Wildman–Crippen MR) is 212 cm³/mol. The Kier molecular flexibility index (Phi) is 13.4. The Hall–Kier alpha value is -6.67. The number of rotatable bonds is 16. The summed E-state index contributed by atoms with van der Waals surface area (Å²) in [6, 6.07) is 24.2. The fourth-order valence-electron chi connectivity index (χ4n) is 6.84. The van der Waals surface area contributed by atoms with E-state index in [9.17, 15) is 29.1 Å². The molecule has 14 heteroatoms. The Morgan fingerprint density at radius 3 is 2.14 bits per heavy atom. The summed E-state index contributed by atoms with van der Waals surface area (Å²) in [5.74, 6) is -1.22. The summed E-state index contributed by atoms with van der Waals surface area (Å²) in [6.07, 6.45) is -1.82. The zero-order chi connectivity index (χ0) is 41.2. The second-order valence-corrected chi connectivity index (χ2v) is 13.4. The fraction of sp³-hybridized carbons (Fsp3) is 0.295. The molecule has 2 amide bonds. The number of para-hydroxylation sites is 1. The Labute approximate surface area is 334 Å². The Balaban J connectivity index is 1.49. The minimum Gasteiger partial charge on any atom is -0.497 e. The monoisotopic (exact) mass is 792 g/mol. The maximum atomic E-state index is 14.6. The third kappa shape index (κ3) is 9.64. The van der Waals surface area contributed by atoms with E-state index in [0.717, 1.165) is 0 Å². The van der Waals surface area contributed by atoms with Crippen molar-refractivity contribution in [2.45, 2.75) is 50.8 Å². The molecule has 302 valence electrons. The number of benzene rings is 4. The molecular formula is C44H44N2O12. The van der Waals surface area contributed by atoms with E-state index >= 15 is 0 Å². The average Bonchev–Trinajstić information content (AvgIpc) is 3.22. The van der Waals surface area contributed by atoms with Crippen LogP contribution in [0.5, 0.6) is 17.2 Å². The third-order valence-corrected chi connectivity index (χ3v) is 9.61. The summed E-state index contributed by atoms with van der Waals surface area (Å²) in [6.45, 7) is 1.71. The molecule has 2 N–H and O–H groups in total. The van der Waals surface area contributed by atoms with E-state index in [4.69, 9.17) is 28.1 Å². The lowest BCUT2D eigenvalue weighted by Crippen LogP contribution is -2.59. The summed E-state index contributed by atoms with van der Waals surface area (Å²) in [4.78, 5) is 70.9. The van der Waals surface area contributed by atoms with Crippen LogP contribution >= 0.6 is 0 Å². The smallest absolute Gasteiger partial charge is 0.351 e. The Morgan fingerprint density at radius 2 is 1.48 bits per heavy atom. The van der Waals surface area contributed by atoms with Crippen molar-refractivity contribution in [2.75, 3.05) is 38.9 Å². The van der Waals surface area contributed by atoms with Crippen LogP contribution < -0.4 is 30.1 Å². The van der Waals surface area contributed by atoms with Crippen LogP contribution in [0.2, 0.25) is 0 Å². The maximum absolute atomic E-state index is 14.6. The molecule has 3 atom stereocenters. The van der Waals surface area contributed by atoms with Gasteiger partial charge in [0.1, 0.15) is 34.5 Å². The van der Waals surface area contributed by atoms with Crippen molar-refractivity contribution in [1.82, 2.24) is 5.32 Å². The predicted octanol–water partition coefficient (Wildman–Crippen LogP) is 5.11. The van der Waals surface area contributed by atoms with Crippen molar-refractivity contribution in [2.24, 2.45) is 0 Å². The van der Waals surface area contributed by atoms with Gasteiger partial charge < -0.3 is 43.4 Å². The van der Waals surface area contributed by atoms with E-state index in [2.05, 4.69) is 5.32 Å². The zero-order valence-corrected chi connectivity index (χ0v) is 32.3. The number of hydrogen-bond acceptors (Lipinski definition) is 12. The van der Waals surface area contributed by atoms with Crippen LogP contribution in [0.3, 0.4) is 0 Å². The van der Waals surface area contributed by atoms with E-state index in [0.29, 0.717) is 51.4 Å². The summed E-state index contributed by atoms with van der Waals surface area (Å²) in [7, 11) is 3.06. The van der Waals surface area contributed by atoms with E-state index in [-0.39, 0.29) is 38.2 Å². The minimum absolute atomic E-state index is 0.0289. The molecule has 4 aromatic carbocycles. The molecule has 14 nitrogen and oxygen atoms in total. The van der Waals surface area contributed by atoms with Gasteiger partial charge in [0.05, 0.1) is 58.8 Å². The molecule has 1 aliphatic rings. The van der Waals surface area contributed by atoms with Gasteiger partial charge in [-0.3, -0.25) is 14.4 Å². The summed E-state index contributed by atoms with van der Waals surface area (Å²) in [5.41, 5.74) is 0.781. The molecule has 0 aliphatic carbocycles. The molecule has 0 bridgehead atoms. The van der Waals surface area contributed by atoms with Gasteiger partial charge in [-0.05, 0) is 72.6 Å². The Bertz CT molecular complexity index is 2310. The van der Waals surface area contributed by atoms with Gasteiger partial charge in [0.25, 0.3) is 0 Å². The van der Waals surface area contributed by atoms with Crippen LogP contribution in [0.15, 0.2) is 106 Å². The van der Waals surface area contributed by atoms with Crippen molar-refractivity contribution < 1.29 is 52.4 Å². The first-order chi connectivity index (χ1) is 28.1. The van der Waals surface area contributed by atoms with Crippen LogP contribution in [0.1, 0.15) is 52.9 Å². The molecule has 58 heavy (non-hydrogen) atoms. The van der Waals surface area contributed by atoms with Gasteiger partial charge in [-0.15, -0.1) is 0 Å². The minimum atomic E-state index is -1.47. The molecule has 0 radical (unpaired) electrons. The largest absolute Gasteiger partial charge is 0.497 e. The number of fused-ring (bicyclic) bond motifs is 2. The lowest BCUT2D eigenvalue weighted by Gasteiger charge is -2.45. The molecule has 6 rings (SSSR count). The number of esters is 2. The van der Waals surface area contributed by atoms with Crippen LogP contribution in [0, 0.1) is 0 Å². The summed E-state index contributed by atoms with van der Waals surface area (Å²) < 4.78 is 33.5. The fourth-order valence-corrected chi connectivity index (χ4v) is 6.84. The maximum Gasteiger partial charge on any atom is 0.351 e. The number of amides is 2. The van der Waals surface area contributed by atoms with Gasteiger partial charge in [-0.2, -0.15) is 0 Å². The molecule has 0 saturated carbocycles. The normalized spacial score (nSPS) is 15.9. The SMILES string of the molecule is CCOC(=O)C[C@H]1[C@H](OC(=O)c2cc3ccccc3oc2=O)[C@@H](NC(=O)Cc2ccc(OC)cc2)c2cc(OCCCO)ccc2N1C(=O)Cc1ccc(OC)cc1. The molecule has 0 saturated heterocycles. The number of carbonyl (C=O) groups is 4. The van der Waals surface area contributed by atoms with Crippen molar-refractivity contribution in [3.8, 4) is 17.2 Å². The molecule has 0 fully saturated rings. The number of methoxy groups -OCH3 is 2. The molecular weight excluding hydrogens is 748 g/mol. The second kappa shape index (κ2) is 19.0. The van der Waals surface area contributed by atoms with Gasteiger partial charge in [0.2, 0.25) is 11.8 Å². The highest BCUT2D eigenvalue weighted by molar-refractivity contribution is 5.99. The highest BCUT2D eigenvalue weighted by Crippen LogP contribution is 2.43. The first-order valence-corrected chi connectivity index (χ1v) is 18.8. The number of nitrogens with zero attached hydrogens (tertiary/aromatic N) is 1. The number of carbonyl (C=O) groups excluding carboxylic acids is 4. The third-order valence-electron chi connectivity index (χ3n) is 9.61. The van der Waals surface area contributed by atoms with Gasteiger partial charge >= 0.3 is 17.6 Å². The zero-order valence-electron chi connectivity index (χ0n) is 32.3. The molecule has 0 spiro atoms. The first-order valence-electron chi connectivity index (χ1n) is 18.8. The molecule has 0 unspecified atom stereocenters. The molecule has 2 heterocycles. The topological polar surface area (TPSA) is 180 Å². The number of ether oxygens (including phenoxy) is 5. The average molecular weight is 793 g/mol. The molecule has 5 aromatic rings. The lowest BCUT2D eigenvalue weighted by atomic mass is 9.85. The number of anilines is 1. The molecule has 1 aromatic heterocycles. The van der Waals surface area contributed by atoms with Crippen LogP contribution in [0.25, 0.3) is 11.0 Å². The highest BCUT2D eigenvalue weighted by Gasteiger charge is 2.48. The van der Waals surface area contributed by atoms with Gasteiger partial charge in [0.15, 0.2) is 0 Å². The van der Waals surface area contributed by atoms with Crippen LogP contribution in [0.4, 0.5) is 5.69 Å². The lowest BCUT2D eigenvalue weighted by molar-refractivity contribution is -0.144. The van der Waals surface area contributed by atoms with Crippen LogP contribution in [-0.4, -0.2) is 75.0 Å². The second-order valence-electron chi connectivity index (χ2n) is 13.4. The van der Waals surface area contributed by atoms with Crippen molar-refractivity contribution in [3.05, 3.63) is 130 Å². The number of aliphatic hydroxyl groups excluding tert-OH is 1. The Morgan fingerprint density at radius 1 is 0.828 bits per heavy atom. The van der Waals surface area contributed by atoms with Crippen molar-refractivity contribution in [3.63, 3.8) is 0 Å². The highest BCUT2D eigenvalue weighted by atomic mass is 16.6. The number of hydrogen-bond donors (Lipinski definition) is 2. The van der Waals surface area contributed by atoms with Gasteiger partial charge in [-0.1, -0.05) is 42.5 Å². The van der Waals surface area contributed by atoms with E-state index in [1.165, 1.54) is 25.2 Å². The van der Waals surface area contributed by atoms with E-state index in [1.54, 1.807) is 97.9 Å². The quantitative estimate of drug-likeness (QED) is 0.0768. The summed E-state index contributed by atoms with van der Waals surface area (Å²) in [5, 5.41) is 12.9. The van der Waals surface area contributed by atoms with Gasteiger partial charge in [0, 0.05) is 29.7 Å².